The van der Waals surface area contributed by atoms with Crippen LogP contribution in [0.2, 0.25) is 0 Å². The Hall–Kier alpha value is -1.51. The van der Waals surface area contributed by atoms with Crippen molar-refractivity contribution in [3.63, 3.8) is 0 Å². The lowest BCUT2D eigenvalue weighted by Crippen LogP contribution is -2.44. The van der Waals surface area contributed by atoms with Crippen molar-refractivity contribution in [2.45, 2.75) is 39.2 Å². The average molecular weight is 218 g/mol. The van der Waals surface area contributed by atoms with Gasteiger partial charge in [-0.15, -0.1) is 0 Å². The monoisotopic (exact) mass is 218 g/mol. The largest absolute Gasteiger partial charge is 0.280 e. The third-order valence-corrected chi connectivity index (χ3v) is 3.01. The summed E-state index contributed by atoms with van der Waals surface area (Å²) >= 11 is 0. The molecule has 2 rings (SSSR count). The molecule has 0 saturated carbocycles. The highest BCUT2D eigenvalue weighted by atomic mass is 16.2. The fourth-order valence-corrected chi connectivity index (χ4v) is 2.12. The number of anilines is 1. The molecule has 0 unspecified atom stereocenters. The first-order chi connectivity index (χ1) is 7.53. The van der Waals surface area contributed by atoms with Crippen LogP contribution in [0.3, 0.4) is 0 Å². The van der Waals surface area contributed by atoms with Gasteiger partial charge < -0.3 is 0 Å². The summed E-state index contributed by atoms with van der Waals surface area (Å²) in [6.45, 7) is 6.28. The highest BCUT2D eigenvalue weighted by Gasteiger charge is 2.37. The molecule has 1 saturated heterocycles. The van der Waals surface area contributed by atoms with Crippen LogP contribution in [-0.4, -0.2) is 11.4 Å². The van der Waals surface area contributed by atoms with Crippen LogP contribution < -0.4 is 10.4 Å². The summed E-state index contributed by atoms with van der Waals surface area (Å²) in [5.41, 5.74) is 5.11. The Bertz CT molecular complexity index is 412. The first kappa shape index (κ1) is 11.0. The summed E-state index contributed by atoms with van der Waals surface area (Å²) in [5, 5.41) is 1.97. The molecule has 0 atom stereocenters. The highest BCUT2D eigenvalue weighted by Crippen LogP contribution is 2.29. The summed E-state index contributed by atoms with van der Waals surface area (Å²) in [4.78, 5) is 11.4. The van der Waals surface area contributed by atoms with Gasteiger partial charge in [-0.25, -0.2) is 0 Å². The maximum Gasteiger partial charge on any atom is 0.240 e. The summed E-state index contributed by atoms with van der Waals surface area (Å²) in [6.07, 6.45) is 1.55. The molecule has 1 aromatic rings. The third kappa shape index (κ3) is 1.90. The number of hydrogen-bond donors (Lipinski definition) is 1. The SMILES string of the molecule is CCc1cccc(N2NC(=O)CC2(C)C)c1. The molecule has 0 spiro atoms. The van der Waals surface area contributed by atoms with E-state index in [-0.39, 0.29) is 11.4 Å². The molecule has 0 bridgehead atoms. The second kappa shape index (κ2) is 3.81. The van der Waals surface area contributed by atoms with E-state index in [9.17, 15) is 4.79 Å². The lowest BCUT2D eigenvalue weighted by Gasteiger charge is -2.31. The highest BCUT2D eigenvalue weighted by molar-refractivity contribution is 5.83. The Balaban J connectivity index is 2.33. The van der Waals surface area contributed by atoms with Gasteiger partial charge in [0.25, 0.3) is 0 Å². The van der Waals surface area contributed by atoms with Crippen molar-refractivity contribution >= 4 is 11.6 Å². The van der Waals surface area contributed by atoms with Crippen molar-refractivity contribution in [2.24, 2.45) is 0 Å². The number of nitrogens with zero attached hydrogens (tertiary/aromatic N) is 1. The molecular weight excluding hydrogens is 200 g/mol. The van der Waals surface area contributed by atoms with E-state index in [4.69, 9.17) is 0 Å². The molecule has 1 heterocycles. The molecule has 1 aliphatic rings. The number of amides is 1. The van der Waals surface area contributed by atoms with E-state index < -0.39 is 0 Å². The second-order valence-electron chi connectivity index (χ2n) is 4.88. The van der Waals surface area contributed by atoms with Crippen molar-refractivity contribution in [3.05, 3.63) is 29.8 Å². The number of rotatable bonds is 2. The molecule has 0 aliphatic carbocycles. The van der Waals surface area contributed by atoms with Crippen molar-refractivity contribution in [1.82, 2.24) is 5.43 Å². The minimum Gasteiger partial charge on any atom is -0.280 e. The van der Waals surface area contributed by atoms with Crippen LogP contribution in [-0.2, 0) is 11.2 Å². The predicted octanol–water partition coefficient (Wildman–Crippen LogP) is 2.27. The maximum atomic E-state index is 11.4. The first-order valence-corrected chi connectivity index (χ1v) is 5.71. The molecule has 1 N–H and O–H groups in total. The van der Waals surface area contributed by atoms with Gasteiger partial charge in [0.15, 0.2) is 0 Å². The van der Waals surface area contributed by atoms with Gasteiger partial charge in [0.2, 0.25) is 5.91 Å². The molecule has 86 valence electrons. The van der Waals surface area contributed by atoms with Crippen LogP contribution in [0.1, 0.15) is 32.8 Å². The number of nitrogens with one attached hydrogen (secondary N) is 1. The molecule has 0 radical (unpaired) electrons. The maximum absolute atomic E-state index is 11.4. The smallest absolute Gasteiger partial charge is 0.240 e. The van der Waals surface area contributed by atoms with Crippen LogP contribution in [0.5, 0.6) is 0 Å². The minimum absolute atomic E-state index is 0.0897. The van der Waals surface area contributed by atoms with Gasteiger partial charge >= 0.3 is 0 Å². The molecular formula is C13H18N2O. The Morgan fingerprint density at radius 1 is 1.44 bits per heavy atom. The number of hydrazine groups is 1. The minimum atomic E-state index is -0.149. The molecule has 0 aromatic heterocycles. The zero-order valence-electron chi connectivity index (χ0n) is 10.1. The predicted molar refractivity (Wildman–Crippen MR) is 65.1 cm³/mol. The van der Waals surface area contributed by atoms with Crippen LogP contribution in [0, 0.1) is 0 Å². The van der Waals surface area contributed by atoms with Crippen LogP contribution in [0.15, 0.2) is 24.3 Å². The summed E-state index contributed by atoms with van der Waals surface area (Å²) < 4.78 is 0. The Labute approximate surface area is 96.4 Å². The summed E-state index contributed by atoms with van der Waals surface area (Å²) in [5.74, 6) is 0.0897. The number of aryl methyl sites for hydroxylation is 1. The lowest BCUT2D eigenvalue weighted by molar-refractivity contribution is -0.119. The van der Waals surface area contributed by atoms with Gasteiger partial charge in [-0.05, 0) is 38.0 Å². The fourth-order valence-electron chi connectivity index (χ4n) is 2.12. The molecule has 1 aliphatic heterocycles. The van der Waals surface area contributed by atoms with Gasteiger partial charge in [0.05, 0.1) is 17.6 Å². The third-order valence-electron chi connectivity index (χ3n) is 3.01. The molecule has 1 amide bonds. The molecule has 1 fully saturated rings. The van der Waals surface area contributed by atoms with Gasteiger partial charge in [-0.3, -0.25) is 15.2 Å². The average Bonchev–Trinajstić information content (AvgIpc) is 2.52. The van der Waals surface area contributed by atoms with Crippen molar-refractivity contribution in [1.29, 1.82) is 0 Å². The Morgan fingerprint density at radius 2 is 2.19 bits per heavy atom. The van der Waals surface area contributed by atoms with E-state index in [0.717, 1.165) is 12.1 Å². The fraction of sp³-hybridized carbons (Fsp3) is 0.462. The van der Waals surface area contributed by atoms with Gasteiger partial charge in [-0.1, -0.05) is 19.1 Å². The number of carbonyl (C=O) groups is 1. The van der Waals surface area contributed by atoms with Gasteiger partial charge in [0.1, 0.15) is 0 Å². The molecule has 1 aromatic carbocycles. The van der Waals surface area contributed by atoms with E-state index in [1.165, 1.54) is 5.56 Å². The van der Waals surface area contributed by atoms with Gasteiger partial charge in [-0.2, -0.15) is 0 Å². The molecule has 16 heavy (non-hydrogen) atoms. The quantitative estimate of drug-likeness (QED) is 0.826. The summed E-state index contributed by atoms with van der Waals surface area (Å²) in [7, 11) is 0. The van der Waals surface area contributed by atoms with Crippen LogP contribution in [0.4, 0.5) is 5.69 Å². The Kier molecular flexibility index (Phi) is 2.62. The van der Waals surface area contributed by atoms with Crippen molar-refractivity contribution in [2.75, 3.05) is 5.01 Å². The van der Waals surface area contributed by atoms with Crippen molar-refractivity contribution < 1.29 is 4.79 Å². The number of benzene rings is 1. The molecule has 3 nitrogen and oxygen atoms in total. The molecule has 3 heteroatoms. The van der Waals surface area contributed by atoms with E-state index in [1.54, 1.807) is 0 Å². The first-order valence-electron chi connectivity index (χ1n) is 5.71. The topological polar surface area (TPSA) is 32.3 Å². The normalized spacial score (nSPS) is 18.7. The van der Waals surface area contributed by atoms with E-state index in [1.807, 2.05) is 17.1 Å². The number of carbonyl (C=O) groups excluding carboxylic acids is 1. The van der Waals surface area contributed by atoms with Gasteiger partial charge in [0, 0.05) is 0 Å². The Morgan fingerprint density at radius 3 is 2.75 bits per heavy atom. The van der Waals surface area contributed by atoms with Crippen molar-refractivity contribution in [3.8, 4) is 0 Å². The standard InChI is InChI=1S/C13H18N2O/c1-4-10-6-5-7-11(8-10)15-13(2,3)9-12(16)14-15/h5-8H,4,9H2,1-3H3,(H,14,16). The summed E-state index contributed by atoms with van der Waals surface area (Å²) in [6, 6.07) is 8.31. The second-order valence-corrected chi connectivity index (χ2v) is 4.88. The zero-order chi connectivity index (χ0) is 11.8. The van der Waals surface area contributed by atoms with E-state index in [0.29, 0.717) is 6.42 Å². The zero-order valence-corrected chi connectivity index (χ0v) is 10.1. The van der Waals surface area contributed by atoms with Crippen LogP contribution >= 0.6 is 0 Å². The van der Waals surface area contributed by atoms with E-state index >= 15 is 0 Å². The lowest BCUT2D eigenvalue weighted by atomic mass is 10.0. The van der Waals surface area contributed by atoms with E-state index in [2.05, 4.69) is 38.3 Å². The number of hydrogen-bond acceptors (Lipinski definition) is 2. The van der Waals surface area contributed by atoms with Crippen LogP contribution in [0.25, 0.3) is 0 Å².